The first-order chi connectivity index (χ1) is 12.8. The highest BCUT2D eigenvalue weighted by molar-refractivity contribution is 5.76. The summed E-state index contributed by atoms with van der Waals surface area (Å²) in [6, 6.07) is -1.05. The van der Waals surface area contributed by atoms with Crippen molar-refractivity contribution in [2.45, 2.75) is 57.0 Å². The molecule has 6 atom stereocenters. The Labute approximate surface area is 155 Å². The third-order valence-corrected chi connectivity index (χ3v) is 4.71. The molecule has 0 unspecified atom stereocenters. The molecule has 1 fully saturated rings. The van der Waals surface area contributed by atoms with Crippen LogP contribution in [0.2, 0.25) is 0 Å². The van der Waals surface area contributed by atoms with Gasteiger partial charge in [0.1, 0.15) is 36.2 Å². The van der Waals surface area contributed by atoms with Gasteiger partial charge in [0, 0.05) is 13.0 Å². The molecule has 1 aliphatic carbocycles. The molecule has 0 aromatic rings. The number of rotatable bonds is 4. The number of hydrogen-bond donors (Lipinski definition) is 4. The summed E-state index contributed by atoms with van der Waals surface area (Å²) in [6.07, 6.45) is -0.352. The van der Waals surface area contributed by atoms with Crippen molar-refractivity contribution < 1.29 is 39.1 Å². The highest BCUT2D eigenvalue weighted by Crippen LogP contribution is 2.31. The molecule has 0 aromatic carbocycles. The van der Waals surface area contributed by atoms with Gasteiger partial charge >= 0.3 is 5.97 Å². The number of aliphatic hydroxyl groups excluding tert-OH is 3. The number of allylic oxidation sites excluding steroid dienone is 1. The quantitative estimate of drug-likeness (QED) is 0.457. The number of hydrogen-bond acceptors (Lipinski definition) is 8. The average molecular weight is 381 g/mol. The molecule has 0 radical (unpaired) electrons. The largest absolute Gasteiger partial charge is 0.463 e. The van der Waals surface area contributed by atoms with Crippen molar-refractivity contribution in [1.82, 2.24) is 5.32 Å². The SMILES string of the molecule is CC(=O)N[C@H]1[C@@H](OC2=C[C@@H]3OC(=O)CC(C)=C3C=C2)O[C@@H](CO)[C@@H](O)[C@H]1O. The molecular formula is C18H23NO8. The van der Waals surface area contributed by atoms with Crippen LogP contribution in [0, 0.1) is 0 Å². The Bertz CT molecular complexity index is 712. The number of ether oxygens (including phenoxy) is 3. The van der Waals surface area contributed by atoms with E-state index in [1.807, 2.05) is 6.92 Å². The van der Waals surface area contributed by atoms with Crippen LogP contribution in [0.15, 0.2) is 35.1 Å². The van der Waals surface area contributed by atoms with Gasteiger partial charge < -0.3 is 34.8 Å². The molecule has 3 aliphatic rings. The summed E-state index contributed by atoms with van der Waals surface area (Å²) in [5, 5.41) is 32.2. The highest BCUT2D eigenvalue weighted by Gasteiger charge is 2.46. The third kappa shape index (κ3) is 4.06. The number of carbonyl (C=O) groups excluding carboxylic acids is 2. The van der Waals surface area contributed by atoms with Gasteiger partial charge in [0.15, 0.2) is 0 Å². The van der Waals surface area contributed by atoms with Gasteiger partial charge in [0.05, 0.1) is 13.0 Å². The summed E-state index contributed by atoms with van der Waals surface area (Å²) in [4.78, 5) is 23.1. The van der Waals surface area contributed by atoms with Gasteiger partial charge in [0.2, 0.25) is 12.2 Å². The van der Waals surface area contributed by atoms with E-state index in [1.165, 1.54) is 6.92 Å². The second kappa shape index (κ2) is 7.81. The van der Waals surface area contributed by atoms with Gasteiger partial charge in [-0.15, -0.1) is 0 Å². The fourth-order valence-corrected chi connectivity index (χ4v) is 3.33. The lowest BCUT2D eigenvalue weighted by Gasteiger charge is -2.42. The first-order valence-electron chi connectivity index (χ1n) is 8.65. The van der Waals surface area contributed by atoms with Crippen LogP contribution < -0.4 is 5.32 Å². The van der Waals surface area contributed by atoms with Crippen molar-refractivity contribution in [1.29, 1.82) is 0 Å². The van der Waals surface area contributed by atoms with E-state index < -0.39 is 49.3 Å². The molecule has 2 aliphatic heterocycles. The van der Waals surface area contributed by atoms with E-state index in [0.29, 0.717) is 5.76 Å². The van der Waals surface area contributed by atoms with Gasteiger partial charge in [-0.1, -0.05) is 11.6 Å². The first kappa shape index (κ1) is 19.6. The van der Waals surface area contributed by atoms with Gasteiger partial charge in [0.25, 0.3) is 0 Å². The molecule has 3 rings (SSSR count). The Morgan fingerprint density at radius 1 is 1.33 bits per heavy atom. The number of fused-ring (bicyclic) bond motifs is 1. The molecule has 148 valence electrons. The minimum atomic E-state index is -1.40. The van der Waals surface area contributed by atoms with E-state index in [4.69, 9.17) is 14.2 Å². The Morgan fingerprint density at radius 2 is 2.07 bits per heavy atom. The predicted octanol–water partition coefficient (Wildman–Crippen LogP) is -0.968. The van der Waals surface area contributed by atoms with Crippen LogP contribution in [0.1, 0.15) is 20.3 Å². The number of aliphatic hydroxyl groups is 3. The number of carbonyl (C=O) groups is 2. The number of esters is 1. The predicted molar refractivity (Wildman–Crippen MR) is 90.9 cm³/mol. The van der Waals surface area contributed by atoms with Crippen LogP contribution >= 0.6 is 0 Å². The van der Waals surface area contributed by atoms with Crippen LogP contribution in [-0.2, 0) is 23.8 Å². The lowest BCUT2D eigenvalue weighted by Crippen LogP contribution is -2.64. The van der Waals surface area contributed by atoms with E-state index in [0.717, 1.165) is 11.1 Å². The maximum atomic E-state index is 11.6. The minimum Gasteiger partial charge on any atom is -0.463 e. The highest BCUT2D eigenvalue weighted by atomic mass is 16.7. The third-order valence-electron chi connectivity index (χ3n) is 4.71. The molecule has 9 nitrogen and oxygen atoms in total. The van der Waals surface area contributed by atoms with Crippen molar-refractivity contribution in [2.75, 3.05) is 6.61 Å². The zero-order valence-corrected chi connectivity index (χ0v) is 15.0. The second-order valence-corrected chi connectivity index (χ2v) is 6.78. The molecule has 2 heterocycles. The zero-order chi connectivity index (χ0) is 19.7. The van der Waals surface area contributed by atoms with Gasteiger partial charge in [-0.3, -0.25) is 9.59 Å². The Balaban J connectivity index is 1.80. The second-order valence-electron chi connectivity index (χ2n) is 6.78. The minimum absolute atomic E-state index is 0.235. The molecular weight excluding hydrogens is 358 g/mol. The van der Waals surface area contributed by atoms with E-state index >= 15 is 0 Å². The fourth-order valence-electron chi connectivity index (χ4n) is 3.33. The molecule has 1 saturated heterocycles. The van der Waals surface area contributed by atoms with Crippen LogP contribution in [-0.4, -0.2) is 70.6 Å². The summed E-state index contributed by atoms with van der Waals surface area (Å²) < 4.78 is 16.6. The Hall–Kier alpha value is -2.20. The summed E-state index contributed by atoms with van der Waals surface area (Å²) >= 11 is 0. The molecule has 0 saturated carbocycles. The maximum absolute atomic E-state index is 11.6. The van der Waals surface area contributed by atoms with Crippen LogP contribution in [0.3, 0.4) is 0 Å². The topological polar surface area (TPSA) is 135 Å². The Kier molecular flexibility index (Phi) is 5.66. The molecule has 0 bridgehead atoms. The summed E-state index contributed by atoms with van der Waals surface area (Å²) in [5.74, 6) is -0.468. The van der Waals surface area contributed by atoms with E-state index in [1.54, 1.807) is 18.2 Å². The molecule has 4 N–H and O–H groups in total. The molecule has 9 heteroatoms. The lowest BCUT2D eigenvalue weighted by atomic mass is 9.94. The molecule has 0 aromatic heterocycles. The standard InChI is InChI=1S/C18H23NO8/c1-8-5-14(22)26-12-6-10(3-4-11(8)12)25-18-15(19-9(2)21)17(24)16(23)13(7-20)27-18/h3-4,6,12-13,15-18,20,23-24H,5,7H2,1-2H3,(H,19,21)/t12-,13-,15+,16+,17-,18-/m0/s1. The van der Waals surface area contributed by atoms with Gasteiger partial charge in [-0.05, 0) is 18.6 Å². The Morgan fingerprint density at radius 3 is 2.74 bits per heavy atom. The normalized spacial score (nSPS) is 35.9. The first-order valence-corrected chi connectivity index (χ1v) is 8.65. The summed E-state index contributed by atoms with van der Waals surface area (Å²) in [6.45, 7) is 2.58. The van der Waals surface area contributed by atoms with Crippen LogP contribution in [0.5, 0.6) is 0 Å². The molecule has 27 heavy (non-hydrogen) atoms. The van der Waals surface area contributed by atoms with Crippen LogP contribution in [0.25, 0.3) is 0 Å². The van der Waals surface area contributed by atoms with Crippen LogP contribution in [0.4, 0.5) is 0 Å². The number of nitrogens with one attached hydrogen (secondary N) is 1. The van der Waals surface area contributed by atoms with Crippen molar-refractivity contribution in [3.05, 3.63) is 35.1 Å². The van der Waals surface area contributed by atoms with Crippen molar-refractivity contribution >= 4 is 11.9 Å². The van der Waals surface area contributed by atoms with E-state index in [9.17, 15) is 24.9 Å². The number of amides is 1. The molecule has 0 spiro atoms. The van der Waals surface area contributed by atoms with Crippen molar-refractivity contribution in [2.24, 2.45) is 0 Å². The van der Waals surface area contributed by atoms with Gasteiger partial charge in [-0.2, -0.15) is 0 Å². The lowest BCUT2D eigenvalue weighted by molar-refractivity contribution is -0.258. The summed E-state index contributed by atoms with van der Waals surface area (Å²) in [5.41, 5.74) is 1.78. The summed E-state index contributed by atoms with van der Waals surface area (Å²) in [7, 11) is 0. The van der Waals surface area contributed by atoms with Crippen molar-refractivity contribution in [3.63, 3.8) is 0 Å². The zero-order valence-electron chi connectivity index (χ0n) is 15.0. The van der Waals surface area contributed by atoms with E-state index in [2.05, 4.69) is 5.32 Å². The monoisotopic (exact) mass is 381 g/mol. The molecule has 1 amide bonds. The maximum Gasteiger partial charge on any atom is 0.310 e. The fraction of sp³-hybridized carbons (Fsp3) is 0.556. The average Bonchev–Trinajstić information content (AvgIpc) is 2.60. The van der Waals surface area contributed by atoms with Crippen molar-refractivity contribution in [3.8, 4) is 0 Å². The smallest absolute Gasteiger partial charge is 0.310 e. The van der Waals surface area contributed by atoms with Gasteiger partial charge in [-0.25, -0.2) is 0 Å². The van der Waals surface area contributed by atoms with E-state index in [-0.39, 0.29) is 12.4 Å².